The molecule has 0 bridgehead atoms. The van der Waals surface area contributed by atoms with Crippen molar-refractivity contribution in [2.75, 3.05) is 19.6 Å². The summed E-state index contributed by atoms with van der Waals surface area (Å²) in [5.74, 6) is -0.0855. The second kappa shape index (κ2) is 6.89. The molecule has 0 radical (unpaired) electrons. The highest BCUT2D eigenvalue weighted by atomic mass is 16.2. The summed E-state index contributed by atoms with van der Waals surface area (Å²) in [6, 6.07) is -0.150. The van der Waals surface area contributed by atoms with Gasteiger partial charge in [-0.1, -0.05) is 12.2 Å². The molecule has 1 aliphatic heterocycles. The number of unbranched alkanes of at least 4 members (excludes halogenated alkanes) is 2. The first-order chi connectivity index (χ1) is 8.20. The van der Waals surface area contributed by atoms with Gasteiger partial charge in [-0.05, 0) is 25.7 Å². The van der Waals surface area contributed by atoms with Crippen molar-refractivity contribution >= 4 is 11.9 Å². The van der Waals surface area contributed by atoms with Gasteiger partial charge < -0.3 is 4.90 Å². The molecule has 0 spiro atoms. The standard InChI is InChI=1S/C13H20N2O2/c1-3-5-7-9-14-11-12(16)15(13(14)17)10-8-6-4-2/h3-4H,1-2,5-11H2. The number of rotatable bonds is 8. The van der Waals surface area contributed by atoms with E-state index in [-0.39, 0.29) is 18.5 Å². The topological polar surface area (TPSA) is 40.6 Å². The van der Waals surface area contributed by atoms with Gasteiger partial charge >= 0.3 is 6.03 Å². The fraction of sp³-hybridized carbons (Fsp3) is 0.538. The Hall–Kier alpha value is -1.58. The van der Waals surface area contributed by atoms with E-state index < -0.39 is 0 Å². The quantitative estimate of drug-likeness (QED) is 0.368. The SMILES string of the molecule is C=CCCCN1CC(=O)N(CCCC=C)C1=O. The summed E-state index contributed by atoms with van der Waals surface area (Å²) in [6.07, 6.45) is 6.98. The van der Waals surface area contributed by atoms with E-state index in [2.05, 4.69) is 13.2 Å². The lowest BCUT2D eigenvalue weighted by molar-refractivity contribution is -0.125. The Labute approximate surface area is 103 Å². The maximum Gasteiger partial charge on any atom is 0.327 e. The highest BCUT2D eigenvalue weighted by Crippen LogP contribution is 2.12. The third-order valence-electron chi connectivity index (χ3n) is 2.75. The smallest absolute Gasteiger partial charge is 0.315 e. The van der Waals surface area contributed by atoms with Gasteiger partial charge in [-0.15, -0.1) is 13.2 Å². The number of amides is 3. The summed E-state index contributed by atoms with van der Waals surface area (Å²) in [7, 11) is 0. The molecule has 0 atom stereocenters. The molecule has 4 nitrogen and oxygen atoms in total. The molecule has 94 valence electrons. The Kier molecular flexibility index (Phi) is 5.46. The number of hydrogen-bond donors (Lipinski definition) is 0. The van der Waals surface area contributed by atoms with E-state index >= 15 is 0 Å². The maximum atomic E-state index is 11.9. The van der Waals surface area contributed by atoms with Crippen molar-refractivity contribution in [3.05, 3.63) is 25.3 Å². The van der Waals surface area contributed by atoms with Gasteiger partial charge in [-0.2, -0.15) is 0 Å². The zero-order valence-corrected chi connectivity index (χ0v) is 10.2. The molecule has 0 unspecified atom stereocenters. The normalized spacial score (nSPS) is 15.5. The van der Waals surface area contributed by atoms with Gasteiger partial charge in [0, 0.05) is 13.1 Å². The maximum absolute atomic E-state index is 11.9. The van der Waals surface area contributed by atoms with Crippen molar-refractivity contribution in [2.45, 2.75) is 25.7 Å². The summed E-state index contributed by atoms with van der Waals surface area (Å²) in [6.45, 7) is 8.61. The zero-order valence-electron chi connectivity index (χ0n) is 10.2. The molecule has 0 aromatic carbocycles. The molecule has 4 heteroatoms. The minimum atomic E-state index is -0.150. The number of hydrogen-bond acceptors (Lipinski definition) is 2. The fourth-order valence-electron chi connectivity index (χ4n) is 1.81. The average molecular weight is 236 g/mol. The number of carbonyl (C=O) groups excluding carboxylic acids is 2. The lowest BCUT2D eigenvalue weighted by atomic mass is 10.3. The first kappa shape index (κ1) is 13.5. The number of nitrogens with zero attached hydrogens (tertiary/aromatic N) is 2. The molecule has 0 saturated carbocycles. The molecule has 3 amide bonds. The van der Waals surface area contributed by atoms with Crippen LogP contribution in [-0.4, -0.2) is 41.4 Å². The van der Waals surface area contributed by atoms with Crippen molar-refractivity contribution in [1.29, 1.82) is 0 Å². The van der Waals surface area contributed by atoms with Crippen LogP contribution < -0.4 is 0 Å². The number of urea groups is 1. The van der Waals surface area contributed by atoms with E-state index in [1.54, 1.807) is 11.0 Å². The van der Waals surface area contributed by atoms with Crippen LogP contribution in [0.4, 0.5) is 4.79 Å². The molecule has 1 aliphatic rings. The molecule has 1 rings (SSSR count). The van der Waals surface area contributed by atoms with Crippen LogP contribution in [0.3, 0.4) is 0 Å². The minimum absolute atomic E-state index is 0.0855. The van der Waals surface area contributed by atoms with Gasteiger partial charge in [-0.25, -0.2) is 4.79 Å². The number of carbonyl (C=O) groups is 2. The second-order valence-corrected chi connectivity index (χ2v) is 4.11. The summed E-state index contributed by atoms with van der Waals surface area (Å²) < 4.78 is 0. The molecular formula is C13H20N2O2. The molecule has 17 heavy (non-hydrogen) atoms. The predicted molar refractivity (Wildman–Crippen MR) is 67.5 cm³/mol. The monoisotopic (exact) mass is 236 g/mol. The van der Waals surface area contributed by atoms with Crippen LogP contribution >= 0.6 is 0 Å². The molecule has 0 aromatic heterocycles. The Morgan fingerprint density at radius 1 is 1.06 bits per heavy atom. The third kappa shape index (κ3) is 3.73. The second-order valence-electron chi connectivity index (χ2n) is 4.11. The van der Waals surface area contributed by atoms with Crippen LogP contribution in [0.2, 0.25) is 0 Å². The third-order valence-corrected chi connectivity index (χ3v) is 2.75. The van der Waals surface area contributed by atoms with E-state index in [0.29, 0.717) is 13.1 Å². The van der Waals surface area contributed by atoms with Crippen LogP contribution in [0, 0.1) is 0 Å². The first-order valence-corrected chi connectivity index (χ1v) is 6.01. The van der Waals surface area contributed by atoms with Gasteiger partial charge in [0.25, 0.3) is 0 Å². The lowest BCUT2D eigenvalue weighted by Crippen LogP contribution is -2.34. The van der Waals surface area contributed by atoms with E-state index in [4.69, 9.17) is 0 Å². The zero-order chi connectivity index (χ0) is 12.7. The van der Waals surface area contributed by atoms with Crippen LogP contribution in [-0.2, 0) is 4.79 Å². The Balaban J connectivity index is 2.41. The molecule has 1 fully saturated rings. The molecule has 0 aliphatic carbocycles. The summed E-state index contributed by atoms with van der Waals surface area (Å²) >= 11 is 0. The molecule has 0 aromatic rings. The number of imide groups is 1. The van der Waals surface area contributed by atoms with E-state index in [1.807, 2.05) is 6.08 Å². The van der Waals surface area contributed by atoms with Gasteiger partial charge in [0.05, 0.1) is 0 Å². The van der Waals surface area contributed by atoms with E-state index in [0.717, 1.165) is 25.7 Å². The van der Waals surface area contributed by atoms with Gasteiger partial charge in [0.2, 0.25) is 5.91 Å². The molecular weight excluding hydrogens is 216 g/mol. The van der Waals surface area contributed by atoms with Crippen molar-refractivity contribution in [3.8, 4) is 0 Å². The van der Waals surface area contributed by atoms with Crippen molar-refractivity contribution in [1.82, 2.24) is 9.80 Å². The highest BCUT2D eigenvalue weighted by Gasteiger charge is 2.34. The van der Waals surface area contributed by atoms with E-state index in [1.165, 1.54) is 4.90 Å². The van der Waals surface area contributed by atoms with E-state index in [9.17, 15) is 9.59 Å². The van der Waals surface area contributed by atoms with Gasteiger partial charge in [-0.3, -0.25) is 9.69 Å². The summed E-state index contributed by atoms with van der Waals surface area (Å²) in [5.41, 5.74) is 0. The predicted octanol–water partition coefficient (Wildman–Crippen LogP) is 2.18. The summed E-state index contributed by atoms with van der Waals surface area (Å²) in [5, 5.41) is 0. The fourth-order valence-corrected chi connectivity index (χ4v) is 1.81. The average Bonchev–Trinajstić information content (AvgIpc) is 2.57. The highest BCUT2D eigenvalue weighted by molar-refractivity contribution is 6.01. The van der Waals surface area contributed by atoms with Gasteiger partial charge in [0.15, 0.2) is 0 Å². The van der Waals surface area contributed by atoms with Crippen molar-refractivity contribution < 1.29 is 9.59 Å². The van der Waals surface area contributed by atoms with Crippen LogP contribution in [0.25, 0.3) is 0 Å². The van der Waals surface area contributed by atoms with Crippen molar-refractivity contribution in [2.24, 2.45) is 0 Å². The molecule has 1 heterocycles. The number of allylic oxidation sites excluding steroid dienone is 2. The first-order valence-electron chi connectivity index (χ1n) is 6.01. The Bertz CT molecular complexity index is 313. The van der Waals surface area contributed by atoms with Crippen LogP contribution in [0.15, 0.2) is 25.3 Å². The van der Waals surface area contributed by atoms with Crippen LogP contribution in [0.1, 0.15) is 25.7 Å². The summed E-state index contributed by atoms with van der Waals surface area (Å²) in [4.78, 5) is 26.5. The Morgan fingerprint density at radius 2 is 1.65 bits per heavy atom. The largest absolute Gasteiger partial charge is 0.327 e. The minimum Gasteiger partial charge on any atom is -0.315 e. The van der Waals surface area contributed by atoms with Crippen LogP contribution in [0.5, 0.6) is 0 Å². The van der Waals surface area contributed by atoms with Gasteiger partial charge in [0.1, 0.15) is 6.54 Å². The van der Waals surface area contributed by atoms with Crippen molar-refractivity contribution in [3.63, 3.8) is 0 Å². The molecule has 0 N–H and O–H groups in total. The molecule has 1 saturated heterocycles. The Morgan fingerprint density at radius 3 is 2.24 bits per heavy atom. The lowest BCUT2D eigenvalue weighted by Gasteiger charge is -2.16.